The van der Waals surface area contributed by atoms with Crippen LogP contribution in [-0.2, 0) is 10.2 Å². The smallest absolute Gasteiger partial charge is 0.282 e. The van der Waals surface area contributed by atoms with E-state index in [0.29, 0.717) is 12.6 Å². The fourth-order valence-corrected chi connectivity index (χ4v) is 5.31. The average Bonchev–Trinajstić information content (AvgIpc) is 2.98. The number of nitrogens with one attached hydrogen (secondary N) is 1. The van der Waals surface area contributed by atoms with Gasteiger partial charge in [0.15, 0.2) is 0 Å². The molecule has 21 heavy (non-hydrogen) atoms. The molecule has 2 rings (SSSR count). The summed E-state index contributed by atoms with van der Waals surface area (Å²) in [5.41, 5.74) is 0. The first-order valence-electron chi connectivity index (χ1n) is 8.41. The van der Waals surface area contributed by atoms with E-state index in [2.05, 4.69) is 19.2 Å². The van der Waals surface area contributed by atoms with Crippen molar-refractivity contribution in [2.24, 2.45) is 0 Å². The van der Waals surface area contributed by atoms with Crippen LogP contribution in [0.4, 0.5) is 0 Å². The second kappa shape index (κ2) is 7.40. The molecule has 0 aromatic carbocycles. The maximum atomic E-state index is 13.0. The molecule has 0 aromatic heterocycles. The summed E-state index contributed by atoms with van der Waals surface area (Å²) in [5.74, 6) is 0. The van der Waals surface area contributed by atoms with Gasteiger partial charge in [-0.2, -0.15) is 17.0 Å². The largest absolute Gasteiger partial charge is 0.313 e. The molecule has 1 aliphatic carbocycles. The summed E-state index contributed by atoms with van der Waals surface area (Å²) in [6.45, 7) is 5.64. The summed E-state index contributed by atoms with van der Waals surface area (Å²) in [4.78, 5) is 0. The van der Waals surface area contributed by atoms with Crippen LogP contribution in [0.3, 0.4) is 0 Å². The Morgan fingerprint density at radius 3 is 2.38 bits per heavy atom. The summed E-state index contributed by atoms with van der Waals surface area (Å²) in [5, 5.41) is 3.40. The molecule has 1 saturated carbocycles. The molecule has 1 heterocycles. The number of piperidine rings is 1. The second-order valence-corrected chi connectivity index (χ2v) is 8.73. The van der Waals surface area contributed by atoms with Gasteiger partial charge in [0.2, 0.25) is 0 Å². The SMILES string of the molecule is CC(C)NCC1CCCCN1S(=O)(=O)N(C)C1CCCC1. The fraction of sp³-hybridized carbons (Fsp3) is 1.00. The Labute approximate surface area is 130 Å². The predicted octanol–water partition coefficient (Wildman–Crippen LogP) is 1.96. The van der Waals surface area contributed by atoms with E-state index in [9.17, 15) is 8.42 Å². The van der Waals surface area contributed by atoms with Gasteiger partial charge in [-0.1, -0.05) is 33.1 Å². The minimum Gasteiger partial charge on any atom is -0.313 e. The van der Waals surface area contributed by atoms with Crippen LogP contribution in [0.25, 0.3) is 0 Å². The molecule has 5 nitrogen and oxygen atoms in total. The van der Waals surface area contributed by atoms with E-state index in [1.54, 1.807) is 15.7 Å². The van der Waals surface area contributed by atoms with Gasteiger partial charge in [0.25, 0.3) is 10.2 Å². The molecule has 1 unspecified atom stereocenters. The van der Waals surface area contributed by atoms with Gasteiger partial charge in [0.1, 0.15) is 0 Å². The Kier molecular flexibility index (Phi) is 6.05. The van der Waals surface area contributed by atoms with Gasteiger partial charge in [-0.15, -0.1) is 0 Å². The van der Waals surface area contributed by atoms with E-state index in [-0.39, 0.29) is 12.1 Å². The third-order valence-corrected chi connectivity index (χ3v) is 6.93. The van der Waals surface area contributed by atoms with E-state index in [1.807, 2.05) is 0 Å². The standard InChI is InChI=1S/C15H31N3O2S/c1-13(2)16-12-15-10-6-7-11-18(15)21(19,20)17(3)14-8-4-5-9-14/h13-16H,4-12H2,1-3H3. The lowest BCUT2D eigenvalue weighted by atomic mass is 10.0. The Morgan fingerprint density at radius 1 is 1.14 bits per heavy atom. The molecular formula is C15H31N3O2S. The zero-order valence-electron chi connectivity index (χ0n) is 13.7. The summed E-state index contributed by atoms with van der Waals surface area (Å²) in [7, 11) is -1.55. The quantitative estimate of drug-likeness (QED) is 0.815. The summed E-state index contributed by atoms with van der Waals surface area (Å²) < 4.78 is 29.3. The molecule has 0 aromatic rings. The van der Waals surface area contributed by atoms with Crippen molar-refractivity contribution in [1.29, 1.82) is 0 Å². The Morgan fingerprint density at radius 2 is 1.76 bits per heavy atom. The van der Waals surface area contributed by atoms with Crippen molar-refractivity contribution < 1.29 is 8.42 Å². The maximum Gasteiger partial charge on any atom is 0.282 e. The number of hydrogen-bond acceptors (Lipinski definition) is 3. The monoisotopic (exact) mass is 317 g/mol. The maximum absolute atomic E-state index is 13.0. The van der Waals surface area contributed by atoms with Crippen LogP contribution >= 0.6 is 0 Å². The summed E-state index contributed by atoms with van der Waals surface area (Å²) >= 11 is 0. The third kappa shape index (κ3) is 4.18. The lowest BCUT2D eigenvalue weighted by Gasteiger charge is -2.39. The van der Waals surface area contributed by atoms with Gasteiger partial charge in [0, 0.05) is 38.3 Å². The lowest BCUT2D eigenvalue weighted by Crippen LogP contribution is -2.54. The Hall–Kier alpha value is -0.170. The predicted molar refractivity (Wildman–Crippen MR) is 86.4 cm³/mol. The highest BCUT2D eigenvalue weighted by Crippen LogP contribution is 2.28. The van der Waals surface area contributed by atoms with Gasteiger partial charge < -0.3 is 5.32 Å². The number of rotatable bonds is 6. The molecular weight excluding hydrogens is 286 g/mol. The van der Waals surface area contributed by atoms with Crippen molar-refractivity contribution in [3.63, 3.8) is 0 Å². The molecule has 0 radical (unpaired) electrons. The van der Waals surface area contributed by atoms with Crippen LogP contribution in [-0.4, -0.2) is 55.3 Å². The van der Waals surface area contributed by atoms with Crippen LogP contribution < -0.4 is 5.32 Å². The van der Waals surface area contributed by atoms with Gasteiger partial charge in [0.05, 0.1) is 0 Å². The molecule has 1 saturated heterocycles. The molecule has 1 N–H and O–H groups in total. The third-order valence-electron chi connectivity index (χ3n) is 4.83. The molecule has 0 amide bonds. The number of nitrogens with zero attached hydrogens (tertiary/aromatic N) is 2. The molecule has 124 valence electrons. The topological polar surface area (TPSA) is 52.7 Å². The summed E-state index contributed by atoms with van der Waals surface area (Å²) in [6, 6.07) is 0.703. The van der Waals surface area contributed by atoms with Crippen molar-refractivity contribution in [2.45, 2.75) is 76.9 Å². The van der Waals surface area contributed by atoms with Crippen LogP contribution in [0, 0.1) is 0 Å². The van der Waals surface area contributed by atoms with E-state index >= 15 is 0 Å². The van der Waals surface area contributed by atoms with E-state index < -0.39 is 10.2 Å². The fourth-order valence-electron chi connectivity index (χ4n) is 3.48. The van der Waals surface area contributed by atoms with Crippen molar-refractivity contribution in [2.75, 3.05) is 20.1 Å². The zero-order valence-corrected chi connectivity index (χ0v) is 14.5. The van der Waals surface area contributed by atoms with Crippen LogP contribution in [0.5, 0.6) is 0 Å². The minimum atomic E-state index is -3.32. The van der Waals surface area contributed by atoms with Gasteiger partial charge in [-0.3, -0.25) is 0 Å². The molecule has 2 fully saturated rings. The van der Waals surface area contributed by atoms with E-state index in [4.69, 9.17) is 0 Å². The van der Waals surface area contributed by atoms with Crippen LogP contribution in [0.1, 0.15) is 58.8 Å². The average molecular weight is 317 g/mol. The zero-order chi connectivity index (χ0) is 15.5. The van der Waals surface area contributed by atoms with E-state index in [1.165, 1.54) is 0 Å². The molecule has 0 spiro atoms. The van der Waals surface area contributed by atoms with Crippen molar-refractivity contribution in [1.82, 2.24) is 13.9 Å². The highest BCUT2D eigenvalue weighted by Gasteiger charge is 2.38. The van der Waals surface area contributed by atoms with Gasteiger partial charge in [-0.05, 0) is 25.7 Å². The van der Waals surface area contributed by atoms with Crippen LogP contribution in [0.15, 0.2) is 0 Å². The van der Waals surface area contributed by atoms with Crippen molar-refractivity contribution in [3.8, 4) is 0 Å². The normalized spacial score (nSPS) is 26.0. The van der Waals surface area contributed by atoms with Crippen molar-refractivity contribution >= 4 is 10.2 Å². The van der Waals surface area contributed by atoms with Gasteiger partial charge in [-0.25, -0.2) is 0 Å². The summed E-state index contributed by atoms with van der Waals surface area (Å²) in [6.07, 6.45) is 7.42. The Bertz CT molecular complexity index is 419. The highest BCUT2D eigenvalue weighted by molar-refractivity contribution is 7.86. The van der Waals surface area contributed by atoms with Crippen molar-refractivity contribution in [3.05, 3.63) is 0 Å². The minimum absolute atomic E-state index is 0.106. The first-order chi connectivity index (χ1) is 9.93. The van der Waals surface area contributed by atoms with E-state index in [0.717, 1.165) is 51.5 Å². The molecule has 1 atom stereocenters. The molecule has 0 bridgehead atoms. The number of hydrogen-bond donors (Lipinski definition) is 1. The second-order valence-electron chi connectivity index (χ2n) is 6.79. The molecule has 2 aliphatic rings. The highest BCUT2D eigenvalue weighted by atomic mass is 32.2. The molecule has 6 heteroatoms. The first-order valence-corrected chi connectivity index (χ1v) is 9.81. The Balaban J connectivity index is 2.07. The lowest BCUT2D eigenvalue weighted by molar-refractivity contribution is 0.219. The van der Waals surface area contributed by atoms with Crippen LogP contribution in [0.2, 0.25) is 0 Å². The first kappa shape index (κ1) is 17.2. The van der Waals surface area contributed by atoms with Gasteiger partial charge >= 0.3 is 0 Å². The molecule has 1 aliphatic heterocycles.